The average molecular weight is 497 g/mol. The summed E-state index contributed by atoms with van der Waals surface area (Å²) in [7, 11) is -3.09. The van der Waals surface area contributed by atoms with E-state index in [0.29, 0.717) is 11.6 Å². The summed E-state index contributed by atoms with van der Waals surface area (Å²) in [6, 6.07) is 16.0. The molecule has 0 N–H and O–H groups in total. The van der Waals surface area contributed by atoms with Crippen LogP contribution in [0.15, 0.2) is 52.9 Å². The van der Waals surface area contributed by atoms with Crippen molar-refractivity contribution in [3.63, 3.8) is 0 Å². The number of rotatable bonds is 5. The van der Waals surface area contributed by atoms with Gasteiger partial charge in [-0.3, -0.25) is 4.79 Å². The van der Waals surface area contributed by atoms with Crippen molar-refractivity contribution in [3.8, 4) is 16.9 Å². The lowest BCUT2D eigenvalue weighted by Crippen LogP contribution is -2.43. The predicted molar refractivity (Wildman–Crippen MR) is 137 cm³/mol. The number of sulfone groups is 1. The van der Waals surface area contributed by atoms with E-state index >= 15 is 0 Å². The Morgan fingerprint density at radius 1 is 1.00 bits per heavy atom. The molecule has 5 rings (SSSR count). The number of carbonyl (C=O) groups excluding carboxylic acids is 1. The van der Waals surface area contributed by atoms with Gasteiger partial charge < -0.3 is 19.0 Å². The van der Waals surface area contributed by atoms with Crippen molar-refractivity contribution in [1.29, 1.82) is 0 Å². The largest absolute Gasteiger partial charge is 0.490 e. The molecule has 0 spiro atoms. The molecule has 0 radical (unpaired) electrons. The molecule has 2 aliphatic heterocycles. The molecule has 7 nitrogen and oxygen atoms in total. The highest BCUT2D eigenvalue weighted by Gasteiger charge is 2.31. The fraction of sp³-hybridized carbons (Fsp3) is 0.444. The van der Waals surface area contributed by atoms with Gasteiger partial charge in [0.2, 0.25) is 5.76 Å². The van der Waals surface area contributed by atoms with E-state index in [1.54, 1.807) is 4.90 Å². The van der Waals surface area contributed by atoms with Crippen LogP contribution in [0.1, 0.15) is 37.2 Å². The number of nitrogens with zero attached hydrogens (tertiary/aromatic N) is 2. The van der Waals surface area contributed by atoms with Gasteiger partial charge in [-0.15, -0.1) is 0 Å². The molecule has 186 valence electrons. The van der Waals surface area contributed by atoms with Crippen LogP contribution in [0.4, 0.5) is 0 Å². The monoisotopic (exact) mass is 496 g/mol. The number of fused-ring (bicyclic) bond motifs is 1. The van der Waals surface area contributed by atoms with E-state index in [1.165, 1.54) is 0 Å². The molecule has 0 bridgehead atoms. The minimum atomic E-state index is -3.09. The number of likely N-dealkylation sites (tertiary alicyclic amines) is 1. The Morgan fingerprint density at radius 3 is 2.34 bits per heavy atom. The maximum Gasteiger partial charge on any atom is 0.290 e. The molecule has 2 fully saturated rings. The van der Waals surface area contributed by atoms with E-state index in [2.05, 4.69) is 18.7 Å². The number of carbonyl (C=O) groups is 1. The first-order valence-corrected chi connectivity index (χ1v) is 14.2. The van der Waals surface area contributed by atoms with Crippen molar-refractivity contribution in [2.45, 2.75) is 38.8 Å². The Kier molecular flexibility index (Phi) is 6.59. The molecule has 2 aromatic carbocycles. The molecule has 1 amide bonds. The standard InChI is InChI=1S/C27H32N2O5S/c1-19(2)28-12-10-21(11-13-28)33-22-8-9-23-24(18-22)34-26(25(23)20-6-4-3-5-7-20)27(30)29-14-16-35(31,32)17-15-29/h3-9,18-19,21H,10-17H2,1-2H3. The summed E-state index contributed by atoms with van der Waals surface area (Å²) in [4.78, 5) is 17.5. The van der Waals surface area contributed by atoms with Gasteiger partial charge in [0.25, 0.3) is 5.91 Å². The molecule has 0 aliphatic carbocycles. The van der Waals surface area contributed by atoms with Gasteiger partial charge in [0, 0.05) is 49.2 Å². The minimum Gasteiger partial charge on any atom is -0.490 e. The van der Waals surface area contributed by atoms with E-state index in [-0.39, 0.29) is 42.4 Å². The fourth-order valence-electron chi connectivity index (χ4n) is 4.95. The third-order valence-corrected chi connectivity index (χ3v) is 8.67. The first-order valence-electron chi connectivity index (χ1n) is 12.3. The molecule has 3 aromatic rings. The number of benzene rings is 2. The zero-order valence-electron chi connectivity index (χ0n) is 20.3. The summed E-state index contributed by atoms with van der Waals surface area (Å²) < 4.78 is 36.2. The van der Waals surface area contributed by atoms with Gasteiger partial charge in [0.15, 0.2) is 9.84 Å². The fourth-order valence-corrected chi connectivity index (χ4v) is 6.16. The van der Waals surface area contributed by atoms with Crippen LogP contribution in [0.25, 0.3) is 22.1 Å². The molecular weight excluding hydrogens is 464 g/mol. The summed E-state index contributed by atoms with van der Waals surface area (Å²) in [5.41, 5.74) is 2.21. The number of hydrogen-bond acceptors (Lipinski definition) is 6. The van der Waals surface area contributed by atoms with Gasteiger partial charge in [-0.1, -0.05) is 30.3 Å². The molecule has 0 unspecified atom stereocenters. The third kappa shape index (κ3) is 5.09. The Labute approximate surface area is 206 Å². The SMILES string of the molecule is CC(C)N1CCC(Oc2ccc3c(-c4ccccc4)c(C(=O)N4CCS(=O)(=O)CC4)oc3c2)CC1. The van der Waals surface area contributed by atoms with Gasteiger partial charge in [-0.2, -0.15) is 0 Å². The van der Waals surface area contributed by atoms with E-state index < -0.39 is 9.84 Å². The zero-order valence-corrected chi connectivity index (χ0v) is 21.1. The van der Waals surface area contributed by atoms with Crippen LogP contribution in [0, 0.1) is 0 Å². The summed E-state index contributed by atoms with van der Waals surface area (Å²) in [6.45, 7) is 6.84. The van der Waals surface area contributed by atoms with Gasteiger partial charge in [-0.25, -0.2) is 8.42 Å². The molecule has 8 heteroatoms. The Bertz CT molecular complexity index is 1290. The lowest BCUT2D eigenvalue weighted by molar-refractivity contribution is 0.0741. The third-order valence-electron chi connectivity index (χ3n) is 7.06. The van der Waals surface area contributed by atoms with Crippen LogP contribution in [0.2, 0.25) is 0 Å². The highest BCUT2D eigenvalue weighted by molar-refractivity contribution is 7.91. The average Bonchev–Trinajstić information content (AvgIpc) is 3.23. The molecule has 35 heavy (non-hydrogen) atoms. The van der Waals surface area contributed by atoms with Crippen LogP contribution in [-0.2, 0) is 9.84 Å². The molecule has 0 atom stereocenters. The highest BCUT2D eigenvalue weighted by atomic mass is 32.2. The minimum absolute atomic E-state index is 0.0206. The van der Waals surface area contributed by atoms with Crippen LogP contribution in [0.5, 0.6) is 5.75 Å². The van der Waals surface area contributed by atoms with Crippen molar-refractivity contribution in [1.82, 2.24) is 9.80 Å². The van der Waals surface area contributed by atoms with Gasteiger partial charge in [0.05, 0.1) is 11.5 Å². The van der Waals surface area contributed by atoms with Gasteiger partial charge in [0.1, 0.15) is 17.4 Å². The van der Waals surface area contributed by atoms with Crippen molar-refractivity contribution in [2.24, 2.45) is 0 Å². The van der Waals surface area contributed by atoms with Crippen LogP contribution in [-0.4, -0.2) is 74.0 Å². The van der Waals surface area contributed by atoms with Crippen molar-refractivity contribution in [2.75, 3.05) is 37.7 Å². The number of hydrogen-bond donors (Lipinski definition) is 0. The molecular formula is C27H32N2O5S. The summed E-state index contributed by atoms with van der Waals surface area (Å²) >= 11 is 0. The van der Waals surface area contributed by atoms with E-state index in [0.717, 1.165) is 48.2 Å². The highest BCUT2D eigenvalue weighted by Crippen LogP contribution is 2.38. The second-order valence-electron chi connectivity index (χ2n) is 9.72. The van der Waals surface area contributed by atoms with Gasteiger partial charge >= 0.3 is 0 Å². The summed E-state index contributed by atoms with van der Waals surface area (Å²) in [5, 5.41) is 0.839. The van der Waals surface area contributed by atoms with E-state index in [9.17, 15) is 13.2 Å². The van der Waals surface area contributed by atoms with Gasteiger partial charge in [-0.05, 0) is 44.4 Å². The maximum atomic E-state index is 13.5. The molecule has 2 aliphatic rings. The second kappa shape index (κ2) is 9.66. The quantitative estimate of drug-likeness (QED) is 0.526. The molecule has 2 saturated heterocycles. The normalized spacial score (nSPS) is 19.3. The lowest BCUT2D eigenvalue weighted by Gasteiger charge is -2.34. The first-order chi connectivity index (χ1) is 16.8. The smallest absolute Gasteiger partial charge is 0.290 e. The van der Waals surface area contributed by atoms with E-state index in [1.807, 2.05) is 48.5 Å². The maximum absolute atomic E-state index is 13.5. The second-order valence-corrected chi connectivity index (χ2v) is 12.0. The Balaban J connectivity index is 1.44. The number of furan rings is 1. The molecule has 0 saturated carbocycles. The topological polar surface area (TPSA) is 80.1 Å². The zero-order chi connectivity index (χ0) is 24.6. The van der Waals surface area contributed by atoms with Crippen LogP contribution in [0.3, 0.4) is 0 Å². The van der Waals surface area contributed by atoms with Crippen molar-refractivity contribution < 1.29 is 22.4 Å². The first kappa shape index (κ1) is 23.9. The predicted octanol–water partition coefficient (Wildman–Crippen LogP) is 4.22. The number of ether oxygens (including phenoxy) is 1. The molecule has 3 heterocycles. The van der Waals surface area contributed by atoms with E-state index in [4.69, 9.17) is 9.15 Å². The van der Waals surface area contributed by atoms with Crippen LogP contribution < -0.4 is 4.74 Å². The molecule has 1 aromatic heterocycles. The summed E-state index contributed by atoms with van der Waals surface area (Å²) in [6.07, 6.45) is 2.11. The summed E-state index contributed by atoms with van der Waals surface area (Å²) in [5.74, 6) is 0.656. The van der Waals surface area contributed by atoms with Crippen molar-refractivity contribution in [3.05, 3.63) is 54.3 Å². The number of amides is 1. The lowest BCUT2D eigenvalue weighted by atomic mass is 10.0. The number of piperidine rings is 1. The Morgan fingerprint density at radius 2 is 1.69 bits per heavy atom. The van der Waals surface area contributed by atoms with Crippen molar-refractivity contribution >= 4 is 26.7 Å². The van der Waals surface area contributed by atoms with Crippen LogP contribution >= 0.6 is 0 Å². The Hall–Kier alpha value is -2.84.